The number of nitrogens with zero attached hydrogens (tertiary/aromatic N) is 1. The second kappa shape index (κ2) is 6.23. The number of carbonyl (C=O) groups is 1. The van der Waals surface area contributed by atoms with Crippen molar-refractivity contribution in [1.82, 2.24) is 5.32 Å². The molecule has 0 aromatic heterocycles. The molecule has 0 radical (unpaired) electrons. The number of ether oxygens (including phenoxy) is 1. The fourth-order valence-corrected chi connectivity index (χ4v) is 2.97. The summed E-state index contributed by atoms with van der Waals surface area (Å²) in [6.07, 6.45) is 6.91. The van der Waals surface area contributed by atoms with Gasteiger partial charge < -0.3 is 21.0 Å². The second-order valence-electron chi connectivity index (χ2n) is 5.47. The number of hydrogen-bond donors (Lipinski definition) is 3. The maximum absolute atomic E-state index is 12.2. The Kier molecular flexibility index (Phi) is 4.63. The highest BCUT2D eigenvalue weighted by Crippen LogP contribution is 2.28. The SMILES string of the molecule is N/C(=N/O)C1(NC(=O)C2CCCO2)CCCCCC1. The lowest BCUT2D eigenvalue weighted by Crippen LogP contribution is -2.59. The van der Waals surface area contributed by atoms with Crippen molar-refractivity contribution in [1.29, 1.82) is 0 Å². The summed E-state index contributed by atoms with van der Waals surface area (Å²) in [6, 6.07) is 0. The van der Waals surface area contributed by atoms with Crippen molar-refractivity contribution in [3.8, 4) is 0 Å². The summed E-state index contributed by atoms with van der Waals surface area (Å²) >= 11 is 0. The van der Waals surface area contributed by atoms with E-state index in [0.717, 1.165) is 51.4 Å². The number of rotatable bonds is 3. The lowest BCUT2D eigenvalue weighted by Gasteiger charge is -2.33. The van der Waals surface area contributed by atoms with Gasteiger partial charge in [0, 0.05) is 6.61 Å². The minimum atomic E-state index is -0.700. The molecule has 0 bridgehead atoms. The van der Waals surface area contributed by atoms with Crippen LogP contribution in [0.4, 0.5) is 0 Å². The Morgan fingerprint density at radius 2 is 1.95 bits per heavy atom. The van der Waals surface area contributed by atoms with Gasteiger partial charge in [-0.2, -0.15) is 0 Å². The smallest absolute Gasteiger partial charge is 0.249 e. The highest BCUT2D eigenvalue weighted by Gasteiger charge is 2.39. The average Bonchev–Trinajstić information content (AvgIpc) is 2.86. The molecule has 1 heterocycles. The van der Waals surface area contributed by atoms with E-state index in [0.29, 0.717) is 6.61 Å². The summed E-state index contributed by atoms with van der Waals surface area (Å²) in [6.45, 7) is 0.634. The van der Waals surface area contributed by atoms with Crippen molar-refractivity contribution in [3.05, 3.63) is 0 Å². The molecule has 108 valence electrons. The predicted octanol–water partition coefficient (Wildman–Crippen LogP) is 1.12. The zero-order valence-corrected chi connectivity index (χ0v) is 11.2. The fourth-order valence-electron chi connectivity index (χ4n) is 2.97. The Balaban J connectivity index is 2.10. The normalized spacial score (nSPS) is 27.8. The first kappa shape index (κ1) is 14.1. The number of oxime groups is 1. The van der Waals surface area contributed by atoms with E-state index in [1.807, 2.05) is 0 Å². The van der Waals surface area contributed by atoms with Gasteiger partial charge in [-0.3, -0.25) is 4.79 Å². The van der Waals surface area contributed by atoms with Gasteiger partial charge in [0.2, 0.25) is 5.91 Å². The maximum Gasteiger partial charge on any atom is 0.249 e. The van der Waals surface area contributed by atoms with Crippen molar-refractivity contribution in [3.63, 3.8) is 0 Å². The van der Waals surface area contributed by atoms with Crippen molar-refractivity contribution in [2.75, 3.05) is 6.61 Å². The minimum Gasteiger partial charge on any atom is -0.409 e. The van der Waals surface area contributed by atoms with E-state index in [1.54, 1.807) is 0 Å². The van der Waals surface area contributed by atoms with Gasteiger partial charge in [0.25, 0.3) is 0 Å². The number of hydrogen-bond acceptors (Lipinski definition) is 4. The third-order valence-electron chi connectivity index (χ3n) is 4.14. The first-order chi connectivity index (χ1) is 9.18. The first-order valence-electron chi connectivity index (χ1n) is 7.09. The van der Waals surface area contributed by atoms with Crippen LogP contribution in [0.1, 0.15) is 51.4 Å². The van der Waals surface area contributed by atoms with Gasteiger partial charge in [-0.05, 0) is 25.7 Å². The van der Waals surface area contributed by atoms with Gasteiger partial charge in [0.05, 0.1) is 0 Å². The topological polar surface area (TPSA) is 96.9 Å². The van der Waals surface area contributed by atoms with Crippen molar-refractivity contribution in [2.45, 2.75) is 63.0 Å². The van der Waals surface area contributed by atoms with Crippen LogP contribution in [0.15, 0.2) is 5.16 Å². The summed E-state index contributed by atoms with van der Waals surface area (Å²) in [4.78, 5) is 12.2. The number of carbonyl (C=O) groups excluding carboxylic acids is 1. The van der Waals surface area contributed by atoms with Crippen molar-refractivity contribution >= 4 is 11.7 Å². The summed E-state index contributed by atoms with van der Waals surface area (Å²) < 4.78 is 5.39. The molecule has 1 atom stereocenters. The van der Waals surface area contributed by atoms with Crippen LogP contribution >= 0.6 is 0 Å². The highest BCUT2D eigenvalue weighted by molar-refractivity contribution is 5.95. The molecule has 1 aliphatic heterocycles. The van der Waals surface area contributed by atoms with Gasteiger partial charge in [-0.15, -0.1) is 0 Å². The van der Waals surface area contributed by atoms with Crippen LogP contribution in [0.3, 0.4) is 0 Å². The zero-order valence-electron chi connectivity index (χ0n) is 11.2. The molecule has 2 aliphatic rings. The summed E-state index contributed by atoms with van der Waals surface area (Å²) in [5.74, 6) is -0.0215. The fraction of sp³-hybridized carbons (Fsp3) is 0.846. The third-order valence-corrected chi connectivity index (χ3v) is 4.14. The molecule has 1 saturated carbocycles. The molecule has 1 unspecified atom stereocenters. The molecule has 6 nitrogen and oxygen atoms in total. The van der Waals surface area contributed by atoms with Crippen molar-refractivity contribution < 1.29 is 14.7 Å². The Morgan fingerprint density at radius 3 is 2.47 bits per heavy atom. The molecule has 19 heavy (non-hydrogen) atoms. The van der Waals surface area contributed by atoms with E-state index in [-0.39, 0.29) is 17.8 Å². The van der Waals surface area contributed by atoms with Crippen LogP contribution in [0, 0.1) is 0 Å². The quantitative estimate of drug-likeness (QED) is 0.235. The summed E-state index contributed by atoms with van der Waals surface area (Å²) in [5, 5.41) is 15.1. The zero-order chi connectivity index (χ0) is 13.7. The van der Waals surface area contributed by atoms with E-state index in [2.05, 4.69) is 10.5 Å². The largest absolute Gasteiger partial charge is 0.409 e. The molecular formula is C13H23N3O3. The van der Waals surface area contributed by atoms with E-state index >= 15 is 0 Å². The van der Waals surface area contributed by atoms with Crippen LogP contribution in [0.5, 0.6) is 0 Å². The molecule has 1 aliphatic carbocycles. The number of amidine groups is 1. The Bertz CT molecular complexity index is 343. The molecule has 2 rings (SSSR count). The second-order valence-corrected chi connectivity index (χ2v) is 5.47. The van der Waals surface area contributed by atoms with E-state index in [4.69, 9.17) is 15.7 Å². The van der Waals surface area contributed by atoms with E-state index in [9.17, 15) is 4.79 Å². The lowest BCUT2D eigenvalue weighted by molar-refractivity contribution is -0.131. The van der Waals surface area contributed by atoms with Crippen LogP contribution < -0.4 is 11.1 Å². The number of nitrogens with two attached hydrogens (primary N) is 1. The Morgan fingerprint density at radius 1 is 1.26 bits per heavy atom. The monoisotopic (exact) mass is 269 g/mol. The van der Waals surface area contributed by atoms with Crippen LogP contribution in [-0.2, 0) is 9.53 Å². The van der Waals surface area contributed by atoms with Gasteiger partial charge in [0.15, 0.2) is 5.84 Å². The first-order valence-corrected chi connectivity index (χ1v) is 7.09. The van der Waals surface area contributed by atoms with Crippen LogP contribution in [-0.4, -0.2) is 35.2 Å². The minimum absolute atomic E-state index is 0.112. The van der Waals surface area contributed by atoms with E-state index in [1.165, 1.54) is 0 Å². The predicted molar refractivity (Wildman–Crippen MR) is 71.0 cm³/mol. The Hall–Kier alpha value is -1.30. The van der Waals surface area contributed by atoms with Crippen LogP contribution in [0.25, 0.3) is 0 Å². The average molecular weight is 269 g/mol. The highest BCUT2D eigenvalue weighted by atomic mass is 16.5. The molecule has 0 aromatic carbocycles. The molecule has 6 heteroatoms. The van der Waals surface area contributed by atoms with Crippen molar-refractivity contribution in [2.24, 2.45) is 10.9 Å². The number of nitrogens with one attached hydrogen (secondary N) is 1. The molecule has 0 aromatic rings. The van der Waals surface area contributed by atoms with Crippen LogP contribution in [0.2, 0.25) is 0 Å². The third kappa shape index (κ3) is 3.18. The van der Waals surface area contributed by atoms with Gasteiger partial charge >= 0.3 is 0 Å². The molecule has 1 amide bonds. The summed E-state index contributed by atoms with van der Waals surface area (Å²) in [5.41, 5.74) is 5.14. The lowest BCUT2D eigenvalue weighted by atomic mass is 9.88. The molecule has 0 spiro atoms. The molecular weight excluding hydrogens is 246 g/mol. The van der Waals surface area contributed by atoms with Gasteiger partial charge in [-0.25, -0.2) is 0 Å². The van der Waals surface area contributed by atoms with E-state index < -0.39 is 5.54 Å². The van der Waals surface area contributed by atoms with Gasteiger partial charge in [-0.1, -0.05) is 30.8 Å². The standard InChI is InChI=1S/C13H23N3O3/c14-12(16-18)13(7-3-1-2-4-8-13)15-11(17)10-6-5-9-19-10/h10,18H,1-9H2,(H2,14,16)(H,15,17). The summed E-state index contributed by atoms with van der Waals surface area (Å²) in [7, 11) is 0. The van der Waals surface area contributed by atoms with Gasteiger partial charge in [0.1, 0.15) is 11.6 Å². The number of amides is 1. The molecule has 1 saturated heterocycles. The molecule has 4 N–H and O–H groups in total. The molecule has 2 fully saturated rings. The Labute approximate surface area is 113 Å². The maximum atomic E-state index is 12.2.